The molecule has 18 heavy (non-hydrogen) atoms. The summed E-state index contributed by atoms with van der Waals surface area (Å²) < 4.78 is 2.04. The van der Waals surface area contributed by atoms with Crippen LogP contribution in [0.5, 0.6) is 0 Å². The van der Waals surface area contributed by atoms with Crippen LogP contribution in [0.4, 0.5) is 5.82 Å². The van der Waals surface area contributed by atoms with Crippen LogP contribution < -0.4 is 10.6 Å². The molecule has 102 valence electrons. The zero-order valence-corrected chi connectivity index (χ0v) is 11.9. The number of anilines is 1. The Hall–Kier alpha value is -1.03. The van der Waals surface area contributed by atoms with Crippen LogP contribution in [0.2, 0.25) is 0 Å². The highest BCUT2D eigenvalue weighted by atomic mass is 15.4. The van der Waals surface area contributed by atoms with Gasteiger partial charge in [-0.25, -0.2) is 0 Å². The van der Waals surface area contributed by atoms with Crippen LogP contribution >= 0.6 is 0 Å². The number of rotatable bonds is 3. The van der Waals surface area contributed by atoms with Crippen molar-refractivity contribution in [1.29, 1.82) is 0 Å². The van der Waals surface area contributed by atoms with Gasteiger partial charge in [-0.2, -0.15) is 5.10 Å². The normalized spacial score (nSPS) is 21.1. The van der Waals surface area contributed by atoms with E-state index in [4.69, 9.17) is 5.73 Å². The number of nitrogens with zero attached hydrogens (tertiary/aromatic N) is 3. The van der Waals surface area contributed by atoms with Gasteiger partial charge in [0.15, 0.2) is 0 Å². The second kappa shape index (κ2) is 5.74. The van der Waals surface area contributed by atoms with Gasteiger partial charge in [0.25, 0.3) is 0 Å². The lowest BCUT2D eigenvalue weighted by molar-refractivity contribution is 0.520. The van der Waals surface area contributed by atoms with E-state index >= 15 is 0 Å². The van der Waals surface area contributed by atoms with Crippen LogP contribution in [0.1, 0.15) is 37.4 Å². The molecule has 0 saturated carbocycles. The van der Waals surface area contributed by atoms with Gasteiger partial charge >= 0.3 is 0 Å². The summed E-state index contributed by atoms with van der Waals surface area (Å²) in [6, 6.07) is 0. The summed E-state index contributed by atoms with van der Waals surface area (Å²) in [6.45, 7) is 7.45. The lowest BCUT2D eigenvalue weighted by atomic mass is 10.0. The third kappa shape index (κ3) is 2.69. The first kappa shape index (κ1) is 13.4. The monoisotopic (exact) mass is 250 g/mol. The minimum atomic E-state index is 0.698. The maximum atomic E-state index is 5.73. The van der Waals surface area contributed by atoms with E-state index in [0.717, 1.165) is 31.1 Å². The zero-order valence-electron chi connectivity index (χ0n) is 11.9. The van der Waals surface area contributed by atoms with Crippen LogP contribution in [0.3, 0.4) is 0 Å². The number of nitrogens with two attached hydrogens (primary N) is 1. The average molecular weight is 250 g/mol. The van der Waals surface area contributed by atoms with Gasteiger partial charge in [0.05, 0.1) is 5.69 Å². The van der Waals surface area contributed by atoms with Gasteiger partial charge < -0.3 is 10.6 Å². The SMILES string of the molecule is Cc1nn(C)c(N2CCCC(C)CC2)c1CCN. The molecule has 1 fully saturated rings. The Morgan fingerprint density at radius 3 is 2.83 bits per heavy atom. The molecule has 1 aliphatic heterocycles. The first-order valence-corrected chi connectivity index (χ1v) is 7.11. The first-order valence-electron chi connectivity index (χ1n) is 7.11. The maximum absolute atomic E-state index is 5.73. The summed E-state index contributed by atoms with van der Waals surface area (Å²) >= 11 is 0. The summed E-state index contributed by atoms with van der Waals surface area (Å²) in [6.07, 6.45) is 4.85. The number of aryl methyl sites for hydroxylation is 2. The van der Waals surface area contributed by atoms with Crippen molar-refractivity contribution in [2.75, 3.05) is 24.5 Å². The molecule has 1 atom stereocenters. The van der Waals surface area contributed by atoms with Crippen molar-refractivity contribution in [2.24, 2.45) is 18.7 Å². The molecule has 1 unspecified atom stereocenters. The van der Waals surface area contributed by atoms with Gasteiger partial charge in [-0.3, -0.25) is 4.68 Å². The standard InChI is InChI=1S/C14H26N4/c1-11-5-4-9-18(10-7-11)14-13(6-8-15)12(2)16-17(14)3/h11H,4-10,15H2,1-3H3. The molecule has 0 bridgehead atoms. The Kier molecular flexibility index (Phi) is 4.27. The predicted molar refractivity (Wildman–Crippen MR) is 75.9 cm³/mol. The van der Waals surface area contributed by atoms with Crippen LogP contribution in [0.15, 0.2) is 0 Å². The second-order valence-electron chi connectivity index (χ2n) is 5.57. The van der Waals surface area contributed by atoms with E-state index in [1.165, 1.54) is 30.6 Å². The number of hydrogen-bond donors (Lipinski definition) is 1. The highest BCUT2D eigenvalue weighted by Gasteiger charge is 2.21. The molecule has 0 aliphatic carbocycles. The van der Waals surface area contributed by atoms with Gasteiger partial charge in [-0.05, 0) is 45.1 Å². The molecule has 4 heteroatoms. The molecule has 0 amide bonds. The van der Waals surface area contributed by atoms with Gasteiger partial charge in [0, 0.05) is 25.7 Å². The van der Waals surface area contributed by atoms with Crippen molar-refractivity contribution in [1.82, 2.24) is 9.78 Å². The molecular weight excluding hydrogens is 224 g/mol. The molecule has 4 nitrogen and oxygen atoms in total. The fraction of sp³-hybridized carbons (Fsp3) is 0.786. The van der Waals surface area contributed by atoms with Crippen molar-refractivity contribution in [3.63, 3.8) is 0 Å². The molecular formula is C14H26N4. The van der Waals surface area contributed by atoms with Gasteiger partial charge in [0.1, 0.15) is 5.82 Å². The van der Waals surface area contributed by atoms with Crippen molar-refractivity contribution >= 4 is 5.82 Å². The molecule has 2 heterocycles. The van der Waals surface area contributed by atoms with Gasteiger partial charge in [0.2, 0.25) is 0 Å². The highest BCUT2D eigenvalue weighted by molar-refractivity contribution is 5.50. The molecule has 0 aromatic carbocycles. The van der Waals surface area contributed by atoms with Crippen molar-refractivity contribution in [3.8, 4) is 0 Å². The summed E-state index contributed by atoms with van der Waals surface area (Å²) in [5.74, 6) is 2.15. The molecule has 2 rings (SSSR count). The summed E-state index contributed by atoms with van der Waals surface area (Å²) in [4.78, 5) is 2.51. The van der Waals surface area contributed by atoms with E-state index < -0.39 is 0 Å². The predicted octanol–water partition coefficient (Wildman–Crippen LogP) is 1.86. The van der Waals surface area contributed by atoms with E-state index in [0.29, 0.717) is 6.54 Å². The molecule has 0 spiro atoms. The lowest BCUT2D eigenvalue weighted by Gasteiger charge is -2.24. The molecule has 1 saturated heterocycles. The van der Waals surface area contributed by atoms with E-state index in [-0.39, 0.29) is 0 Å². The summed E-state index contributed by atoms with van der Waals surface area (Å²) in [5.41, 5.74) is 8.21. The Bertz CT molecular complexity index is 397. The van der Waals surface area contributed by atoms with Crippen molar-refractivity contribution in [3.05, 3.63) is 11.3 Å². The summed E-state index contributed by atoms with van der Waals surface area (Å²) in [7, 11) is 2.05. The third-order valence-electron chi connectivity index (χ3n) is 4.02. The van der Waals surface area contributed by atoms with Crippen LogP contribution in [0, 0.1) is 12.8 Å². The Morgan fingerprint density at radius 2 is 2.11 bits per heavy atom. The van der Waals surface area contributed by atoms with Crippen molar-refractivity contribution < 1.29 is 0 Å². The molecule has 1 aromatic rings. The van der Waals surface area contributed by atoms with Crippen LogP contribution in [-0.2, 0) is 13.5 Å². The molecule has 1 aliphatic rings. The molecule has 0 radical (unpaired) electrons. The van der Waals surface area contributed by atoms with E-state index in [1.54, 1.807) is 0 Å². The Balaban J connectivity index is 2.25. The minimum Gasteiger partial charge on any atom is -0.357 e. The molecule has 1 aromatic heterocycles. The fourth-order valence-corrected chi connectivity index (χ4v) is 3.00. The highest BCUT2D eigenvalue weighted by Crippen LogP contribution is 2.27. The number of aromatic nitrogens is 2. The average Bonchev–Trinajstić information content (AvgIpc) is 2.51. The molecule has 2 N–H and O–H groups in total. The smallest absolute Gasteiger partial charge is 0.130 e. The second-order valence-corrected chi connectivity index (χ2v) is 5.57. The topological polar surface area (TPSA) is 47.1 Å². The third-order valence-corrected chi connectivity index (χ3v) is 4.02. The fourth-order valence-electron chi connectivity index (χ4n) is 3.00. The zero-order chi connectivity index (χ0) is 13.1. The van der Waals surface area contributed by atoms with Crippen molar-refractivity contribution in [2.45, 2.75) is 39.5 Å². The lowest BCUT2D eigenvalue weighted by Crippen LogP contribution is -2.27. The van der Waals surface area contributed by atoms with Gasteiger partial charge in [-0.15, -0.1) is 0 Å². The first-order chi connectivity index (χ1) is 8.63. The van der Waals surface area contributed by atoms with E-state index in [1.807, 2.05) is 4.68 Å². The number of hydrogen-bond acceptors (Lipinski definition) is 3. The quantitative estimate of drug-likeness (QED) is 0.890. The van der Waals surface area contributed by atoms with Gasteiger partial charge in [-0.1, -0.05) is 6.92 Å². The van der Waals surface area contributed by atoms with Crippen LogP contribution in [0.25, 0.3) is 0 Å². The van der Waals surface area contributed by atoms with Crippen LogP contribution in [-0.4, -0.2) is 29.4 Å². The summed E-state index contributed by atoms with van der Waals surface area (Å²) in [5, 5.41) is 4.57. The minimum absolute atomic E-state index is 0.698. The maximum Gasteiger partial charge on any atom is 0.130 e. The van der Waals surface area contributed by atoms with E-state index in [2.05, 4.69) is 30.9 Å². The largest absolute Gasteiger partial charge is 0.357 e. The van der Waals surface area contributed by atoms with E-state index in [9.17, 15) is 0 Å². The Labute approximate surface area is 110 Å². The Morgan fingerprint density at radius 1 is 1.33 bits per heavy atom.